The van der Waals surface area contributed by atoms with Crippen LogP contribution in [0.5, 0.6) is 0 Å². The lowest BCUT2D eigenvalue weighted by Gasteiger charge is -2.12. The molecule has 0 aromatic carbocycles. The highest BCUT2D eigenvalue weighted by Crippen LogP contribution is 2.08. The molecule has 2 heteroatoms. The van der Waals surface area contributed by atoms with Crippen molar-refractivity contribution >= 4 is 11.8 Å². The molecule has 0 bridgehead atoms. The molecule has 1 N–H and O–H groups in total. The van der Waals surface area contributed by atoms with Crippen LogP contribution < -0.4 is 5.32 Å². The van der Waals surface area contributed by atoms with E-state index in [2.05, 4.69) is 37.8 Å². The maximum absolute atomic E-state index is 3.53. The Kier molecular flexibility index (Phi) is 11.6. The molecule has 14 heavy (non-hydrogen) atoms. The lowest BCUT2D eigenvalue weighted by atomic mass is 10.1. The van der Waals surface area contributed by atoms with Gasteiger partial charge < -0.3 is 5.32 Å². The molecule has 0 fully saturated rings. The molecule has 0 aliphatic rings. The fraction of sp³-hybridized carbons (Fsp3) is 1.00. The Balaban J connectivity index is 3.02. The van der Waals surface area contributed by atoms with Crippen molar-refractivity contribution < 1.29 is 0 Å². The summed E-state index contributed by atoms with van der Waals surface area (Å²) in [6.45, 7) is 7.94. The van der Waals surface area contributed by atoms with Crippen LogP contribution in [0.15, 0.2) is 0 Å². The third kappa shape index (κ3) is 10.4. The normalized spacial score (nSPS) is 13.1. The zero-order valence-electron chi connectivity index (χ0n) is 10.1. The van der Waals surface area contributed by atoms with Crippen LogP contribution in [0.4, 0.5) is 0 Å². The summed E-state index contributed by atoms with van der Waals surface area (Å²) in [5.41, 5.74) is 0. The average Bonchev–Trinajstić information content (AvgIpc) is 2.20. The van der Waals surface area contributed by atoms with E-state index in [1.54, 1.807) is 0 Å². The predicted molar refractivity (Wildman–Crippen MR) is 69.2 cm³/mol. The third-order valence-electron chi connectivity index (χ3n) is 2.37. The molecule has 0 amide bonds. The van der Waals surface area contributed by atoms with E-state index in [4.69, 9.17) is 0 Å². The van der Waals surface area contributed by atoms with Crippen LogP contribution in [0.2, 0.25) is 0 Å². The molecule has 0 saturated carbocycles. The van der Waals surface area contributed by atoms with Crippen LogP contribution in [0.1, 0.15) is 52.9 Å². The molecule has 0 rings (SSSR count). The van der Waals surface area contributed by atoms with Gasteiger partial charge in [0.1, 0.15) is 0 Å². The Morgan fingerprint density at radius 2 is 1.93 bits per heavy atom. The van der Waals surface area contributed by atoms with E-state index in [1.165, 1.54) is 50.2 Å². The fourth-order valence-electron chi connectivity index (χ4n) is 1.47. The summed E-state index contributed by atoms with van der Waals surface area (Å²) >= 11 is 2.07. The van der Waals surface area contributed by atoms with Crippen LogP contribution in [-0.2, 0) is 0 Å². The maximum atomic E-state index is 3.53. The highest BCUT2D eigenvalue weighted by molar-refractivity contribution is 7.99. The summed E-state index contributed by atoms with van der Waals surface area (Å²) < 4.78 is 0. The number of hydrogen-bond donors (Lipinski definition) is 1. The minimum Gasteiger partial charge on any atom is -0.314 e. The highest BCUT2D eigenvalue weighted by Gasteiger charge is 1.99. The Morgan fingerprint density at radius 1 is 1.14 bits per heavy atom. The van der Waals surface area contributed by atoms with Crippen molar-refractivity contribution in [2.45, 2.75) is 58.9 Å². The standard InChI is InChI=1S/C12H27NS/c1-4-10-13-12(3)9-7-6-8-11-14-5-2/h12-13H,4-11H2,1-3H3. The van der Waals surface area contributed by atoms with Crippen LogP contribution in [0, 0.1) is 0 Å². The molecule has 0 aromatic heterocycles. The van der Waals surface area contributed by atoms with Gasteiger partial charge in [0.2, 0.25) is 0 Å². The van der Waals surface area contributed by atoms with Gasteiger partial charge in [0.25, 0.3) is 0 Å². The molecule has 1 atom stereocenters. The van der Waals surface area contributed by atoms with Gasteiger partial charge in [-0.1, -0.05) is 26.7 Å². The minimum atomic E-state index is 0.716. The first-order valence-corrected chi connectivity index (χ1v) is 7.27. The zero-order valence-corrected chi connectivity index (χ0v) is 11.0. The van der Waals surface area contributed by atoms with Crippen molar-refractivity contribution in [1.82, 2.24) is 5.32 Å². The SMILES string of the molecule is CCCNC(C)CCCCCSCC. The Labute approximate surface area is 94.4 Å². The van der Waals surface area contributed by atoms with Crippen LogP contribution in [0.3, 0.4) is 0 Å². The smallest absolute Gasteiger partial charge is 0.00387 e. The second-order valence-electron chi connectivity index (χ2n) is 3.90. The predicted octanol–water partition coefficient (Wildman–Crippen LogP) is 3.69. The molecular weight excluding hydrogens is 190 g/mol. The summed E-state index contributed by atoms with van der Waals surface area (Å²) in [7, 11) is 0. The quantitative estimate of drug-likeness (QED) is 0.560. The van der Waals surface area contributed by atoms with Crippen LogP contribution in [-0.4, -0.2) is 24.1 Å². The summed E-state index contributed by atoms with van der Waals surface area (Å²) in [5.74, 6) is 2.63. The molecule has 0 aliphatic carbocycles. The molecule has 1 unspecified atom stereocenters. The maximum Gasteiger partial charge on any atom is 0.00387 e. The van der Waals surface area contributed by atoms with Crippen molar-refractivity contribution in [3.63, 3.8) is 0 Å². The van der Waals surface area contributed by atoms with Gasteiger partial charge in [-0.15, -0.1) is 0 Å². The van der Waals surface area contributed by atoms with Crippen molar-refractivity contribution in [1.29, 1.82) is 0 Å². The Morgan fingerprint density at radius 3 is 2.57 bits per heavy atom. The summed E-state index contributed by atoms with van der Waals surface area (Å²) in [5, 5.41) is 3.53. The summed E-state index contributed by atoms with van der Waals surface area (Å²) in [6.07, 6.45) is 6.79. The number of thioether (sulfide) groups is 1. The van der Waals surface area contributed by atoms with Gasteiger partial charge >= 0.3 is 0 Å². The van der Waals surface area contributed by atoms with Crippen molar-refractivity contribution in [2.24, 2.45) is 0 Å². The fourth-order valence-corrected chi connectivity index (χ4v) is 2.17. The molecule has 1 nitrogen and oxygen atoms in total. The topological polar surface area (TPSA) is 12.0 Å². The van der Waals surface area contributed by atoms with Crippen molar-refractivity contribution in [3.05, 3.63) is 0 Å². The lowest BCUT2D eigenvalue weighted by molar-refractivity contribution is 0.488. The van der Waals surface area contributed by atoms with E-state index in [9.17, 15) is 0 Å². The first kappa shape index (κ1) is 14.3. The van der Waals surface area contributed by atoms with E-state index in [0.29, 0.717) is 6.04 Å². The number of rotatable bonds is 10. The first-order chi connectivity index (χ1) is 6.81. The van der Waals surface area contributed by atoms with Crippen LogP contribution >= 0.6 is 11.8 Å². The lowest BCUT2D eigenvalue weighted by Crippen LogP contribution is -2.26. The Hall–Kier alpha value is 0.310. The van der Waals surface area contributed by atoms with Gasteiger partial charge in [0.15, 0.2) is 0 Å². The van der Waals surface area contributed by atoms with Gasteiger partial charge in [-0.25, -0.2) is 0 Å². The molecule has 0 spiro atoms. The van der Waals surface area contributed by atoms with Gasteiger partial charge in [0.05, 0.1) is 0 Å². The number of unbranched alkanes of at least 4 members (excludes halogenated alkanes) is 2. The highest BCUT2D eigenvalue weighted by atomic mass is 32.2. The molecule has 0 aromatic rings. The van der Waals surface area contributed by atoms with Gasteiger partial charge in [-0.05, 0) is 44.2 Å². The molecule has 0 aliphatic heterocycles. The first-order valence-electron chi connectivity index (χ1n) is 6.12. The Bertz CT molecular complexity index is 106. The molecule has 86 valence electrons. The van der Waals surface area contributed by atoms with E-state index in [-0.39, 0.29) is 0 Å². The molecular formula is C12H27NS. The number of nitrogens with one attached hydrogen (secondary N) is 1. The van der Waals surface area contributed by atoms with Crippen molar-refractivity contribution in [3.8, 4) is 0 Å². The summed E-state index contributed by atoms with van der Waals surface area (Å²) in [6, 6.07) is 0.716. The number of hydrogen-bond acceptors (Lipinski definition) is 2. The molecule has 0 heterocycles. The largest absolute Gasteiger partial charge is 0.314 e. The van der Waals surface area contributed by atoms with E-state index < -0.39 is 0 Å². The molecule has 0 radical (unpaired) electrons. The van der Waals surface area contributed by atoms with Gasteiger partial charge in [-0.3, -0.25) is 0 Å². The van der Waals surface area contributed by atoms with E-state index >= 15 is 0 Å². The zero-order chi connectivity index (χ0) is 10.6. The second-order valence-corrected chi connectivity index (χ2v) is 5.30. The minimum absolute atomic E-state index is 0.716. The van der Waals surface area contributed by atoms with E-state index in [1.807, 2.05) is 0 Å². The van der Waals surface area contributed by atoms with Crippen LogP contribution in [0.25, 0.3) is 0 Å². The summed E-state index contributed by atoms with van der Waals surface area (Å²) in [4.78, 5) is 0. The van der Waals surface area contributed by atoms with E-state index in [0.717, 1.165) is 0 Å². The van der Waals surface area contributed by atoms with Gasteiger partial charge in [0, 0.05) is 6.04 Å². The average molecular weight is 217 g/mol. The van der Waals surface area contributed by atoms with Crippen molar-refractivity contribution in [2.75, 3.05) is 18.1 Å². The van der Waals surface area contributed by atoms with Gasteiger partial charge in [-0.2, -0.15) is 11.8 Å². The second kappa shape index (κ2) is 11.4. The monoisotopic (exact) mass is 217 g/mol. The molecule has 0 saturated heterocycles. The third-order valence-corrected chi connectivity index (χ3v) is 3.36.